The van der Waals surface area contributed by atoms with Crippen LogP contribution in [0, 0.1) is 0 Å². The Morgan fingerprint density at radius 2 is 1.78 bits per heavy atom. The number of carboxylic acids is 1. The lowest BCUT2D eigenvalue weighted by Crippen LogP contribution is -2.46. The van der Waals surface area contributed by atoms with Gasteiger partial charge in [0.05, 0.1) is 6.54 Å². The average Bonchev–Trinajstić information content (AvgIpc) is 3.18. The number of carbonyl (C=O) groups is 1. The van der Waals surface area contributed by atoms with Gasteiger partial charge in [0.25, 0.3) is 0 Å². The lowest BCUT2D eigenvalue weighted by atomic mass is 10.2. The maximum Gasteiger partial charge on any atom is 0.354 e. The van der Waals surface area contributed by atoms with Crippen LogP contribution in [0.4, 0.5) is 5.82 Å². The van der Waals surface area contributed by atoms with Gasteiger partial charge in [0, 0.05) is 31.7 Å². The summed E-state index contributed by atoms with van der Waals surface area (Å²) in [5.41, 5.74) is 1.96. The number of hydrogen-bond donors (Lipinski definition) is 1. The Kier molecular flexibility index (Phi) is 4.84. The lowest BCUT2D eigenvalue weighted by molar-refractivity contribution is 0.0690. The molecule has 1 aliphatic rings. The van der Waals surface area contributed by atoms with Crippen LogP contribution >= 0.6 is 0 Å². The summed E-state index contributed by atoms with van der Waals surface area (Å²) in [5, 5.41) is 9.09. The molecule has 0 unspecified atom stereocenters. The Morgan fingerprint density at radius 3 is 2.52 bits per heavy atom. The second-order valence-electron chi connectivity index (χ2n) is 6.44. The molecule has 0 atom stereocenters. The topological polar surface area (TPSA) is 82.7 Å². The standard InChI is InChI=1S/C20H20N4O3/c25-20(26)16-7-4-8-18(21-16)24-11-9-23(10-12-24)13-19-22-17(14-27-19)15-5-2-1-3-6-15/h1-8,14H,9-13H2,(H,25,26). The fraction of sp³-hybridized carbons (Fsp3) is 0.250. The molecule has 138 valence electrons. The van der Waals surface area contributed by atoms with Crippen molar-refractivity contribution in [2.75, 3.05) is 31.1 Å². The summed E-state index contributed by atoms with van der Waals surface area (Å²) >= 11 is 0. The number of rotatable bonds is 5. The first kappa shape index (κ1) is 17.2. The Morgan fingerprint density at radius 1 is 1.00 bits per heavy atom. The number of nitrogens with zero attached hydrogens (tertiary/aromatic N) is 4. The molecule has 0 spiro atoms. The minimum Gasteiger partial charge on any atom is -0.477 e. The van der Waals surface area contributed by atoms with Gasteiger partial charge in [0.2, 0.25) is 5.89 Å². The highest BCUT2D eigenvalue weighted by molar-refractivity contribution is 5.85. The SMILES string of the molecule is O=C(O)c1cccc(N2CCN(Cc3nc(-c4ccccc4)co3)CC2)n1. The van der Waals surface area contributed by atoms with Crippen LogP contribution < -0.4 is 4.90 Å². The monoisotopic (exact) mass is 364 g/mol. The minimum atomic E-state index is -1.01. The largest absolute Gasteiger partial charge is 0.477 e. The molecule has 7 nitrogen and oxygen atoms in total. The van der Waals surface area contributed by atoms with Gasteiger partial charge in [0.1, 0.15) is 17.8 Å². The highest BCUT2D eigenvalue weighted by Gasteiger charge is 2.20. The third-order valence-corrected chi connectivity index (χ3v) is 4.63. The molecule has 0 saturated carbocycles. The van der Waals surface area contributed by atoms with Gasteiger partial charge in [-0.2, -0.15) is 0 Å². The summed E-state index contributed by atoms with van der Waals surface area (Å²) in [7, 11) is 0. The Labute approximate surface area is 156 Å². The predicted molar refractivity (Wildman–Crippen MR) is 101 cm³/mol. The first-order valence-electron chi connectivity index (χ1n) is 8.86. The summed E-state index contributed by atoms with van der Waals surface area (Å²) in [4.78, 5) is 24.3. The van der Waals surface area contributed by atoms with Gasteiger partial charge in [-0.25, -0.2) is 14.8 Å². The third-order valence-electron chi connectivity index (χ3n) is 4.63. The minimum absolute atomic E-state index is 0.0724. The molecule has 27 heavy (non-hydrogen) atoms. The summed E-state index contributed by atoms with van der Waals surface area (Å²) in [6, 6.07) is 15.1. The summed E-state index contributed by atoms with van der Waals surface area (Å²) in [6.07, 6.45) is 1.70. The number of aromatic carboxylic acids is 1. The molecule has 0 radical (unpaired) electrons. The zero-order chi connectivity index (χ0) is 18.6. The van der Waals surface area contributed by atoms with E-state index < -0.39 is 5.97 Å². The predicted octanol–water partition coefficient (Wildman–Crippen LogP) is 2.76. The smallest absolute Gasteiger partial charge is 0.354 e. The van der Waals surface area contributed by atoms with Gasteiger partial charge < -0.3 is 14.4 Å². The van der Waals surface area contributed by atoms with Crippen molar-refractivity contribution in [3.05, 3.63) is 66.4 Å². The van der Waals surface area contributed by atoms with Crippen LogP contribution in [0.2, 0.25) is 0 Å². The van der Waals surface area contributed by atoms with E-state index in [2.05, 4.69) is 19.8 Å². The van der Waals surface area contributed by atoms with Crippen molar-refractivity contribution >= 4 is 11.8 Å². The summed E-state index contributed by atoms with van der Waals surface area (Å²) in [5.74, 6) is 0.402. The maximum absolute atomic E-state index is 11.1. The van der Waals surface area contributed by atoms with Gasteiger partial charge >= 0.3 is 5.97 Å². The fourth-order valence-corrected chi connectivity index (χ4v) is 3.17. The van der Waals surface area contributed by atoms with Crippen LogP contribution in [0.5, 0.6) is 0 Å². The van der Waals surface area contributed by atoms with E-state index in [0.29, 0.717) is 18.3 Å². The number of benzene rings is 1. The summed E-state index contributed by atoms with van der Waals surface area (Å²) in [6.45, 7) is 3.89. The molecule has 0 aliphatic carbocycles. The number of aromatic nitrogens is 2. The zero-order valence-corrected chi connectivity index (χ0v) is 14.8. The zero-order valence-electron chi connectivity index (χ0n) is 14.8. The molecule has 2 aromatic heterocycles. The first-order valence-corrected chi connectivity index (χ1v) is 8.86. The molecule has 1 saturated heterocycles. The number of pyridine rings is 1. The lowest BCUT2D eigenvalue weighted by Gasteiger charge is -2.34. The Balaban J connectivity index is 1.35. The molecule has 1 fully saturated rings. The van der Waals surface area contributed by atoms with Gasteiger partial charge in [0.15, 0.2) is 5.69 Å². The van der Waals surface area contributed by atoms with Gasteiger partial charge in [-0.1, -0.05) is 36.4 Å². The maximum atomic E-state index is 11.1. The van der Waals surface area contributed by atoms with Crippen LogP contribution in [-0.4, -0.2) is 52.1 Å². The van der Waals surface area contributed by atoms with Crippen LogP contribution in [0.3, 0.4) is 0 Å². The van der Waals surface area contributed by atoms with E-state index in [1.807, 2.05) is 36.4 Å². The Hall–Kier alpha value is -3.19. The van der Waals surface area contributed by atoms with Crippen molar-refractivity contribution in [3.63, 3.8) is 0 Å². The van der Waals surface area contributed by atoms with Crippen molar-refractivity contribution < 1.29 is 14.3 Å². The van der Waals surface area contributed by atoms with Gasteiger partial charge in [-0.3, -0.25) is 4.90 Å². The van der Waals surface area contributed by atoms with E-state index in [-0.39, 0.29) is 5.69 Å². The molecule has 7 heteroatoms. The van der Waals surface area contributed by atoms with Crippen LogP contribution in [-0.2, 0) is 6.54 Å². The molecule has 3 heterocycles. The fourth-order valence-electron chi connectivity index (χ4n) is 3.17. The van der Waals surface area contributed by atoms with Crippen molar-refractivity contribution in [2.45, 2.75) is 6.54 Å². The number of hydrogen-bond acceptors (Lipinski definition) is 6. The van der Waals surface area contributed by atoms with E-state index in [1.54, 1.807) is 12.3 Å². The molecule has 4 rings (SSSR count). The molecule has 1 aromatic carbocycles. The van der Waals surface area contributed by atoms with E-state index in [4.69, 9.17) is 9.52 Å². The van der Waals surface area contributed by atoms with E-state index in [0.717, 1.165) is 37.4 Å². The normalized spacial score (nSPS) is 15.0. The highest BCUT2D eigenvalue weighted by atomic mass is 16.4. The number of carboxylic acid groups (broad SMARTS) is 1. The van der Waals surface area contributed by atoms with E-state index in [9.17, 15) is 4.79 Å². The van der Waals surface area contributed by atoms with Gasteiger partial charge in [-0.05, 0) is 12.1 Å². The van der Waals surface area contributed by atoms with E-state index in [1.165, 1.54) is 6.07 Å². The van der Waals surface area contributed by atoms with Crippen LogP contribution in [0.15, 0.2) is 59.2 Å². The number of oxazole rings is 1. The first-order chi connectivity index (χ1) is 13.2. The van der Waals surface area contributed by atoms with Gasteiger partial charge in [-0.15, -0.1) is 0 Å². The van der Waals surface area contributed by atoms with Crippen molar-refractivity contribution in [2.24, 2.45) is 0 Å². The third kappa shape index (κ3) is 3.98. The second-order valence-corrected chi connectivity index (χ2v) is 6.44. The average molecular weight is 364 g/mol. The van der Waals surface area contributed by atoms with Crippen LogP contribution in [0.1, 0.15) is 16.4 Å². The van der Waals surface area contributed by atoms with Crippen LogP contribution in [0.25, 0.3) is 11.3 Å². The molecule has 0 amide bonds. The number of anilines is 1. The molecular weight excluding hydrogens is 344 g/mol. The number of piperazine rings is 1. The highest BCUT2D eigenvalue weighted by Crippen LogP contribution is 2.20. The molecular formula is C20H20N4O3. The van der Waals surface area contributed by atoms with Crippen molar-refractivity contribution in [3.8, 4) is 11.3 Å². The van der Waals surface area contributed by atoms with E-state index >= 15 is 0 Å². The second kappa shape index (κ2) is 7.59. The molecule has 0 bridgehead atoms. The Bertz CT molecular complexity index is 918. The molecule has 3 aromatic rings. The quantitative estimate of drug-likeness (QED) is 0.745. The molecule has 1 N–H and O–H groups in total. The van der Waals surface area contributed by atoms with Crippen molar-refractivity contribution in [1.82, 2.24) is 14.9 Å². The molecule has 1 aliphatic heterocycles. The van der Waals surface area contributed by atoms with Crippen molar-refractivity contribution in [1.29, 1.82) is 0 Å². The summed E-state index contributed by atoms with van der Waals surface area (Å²) < 4.78 is 5.63.